The van der Waals surface area contributed by atoms with E-state index in [4.69, 9.17) is 9.47 Å². The van der Waals surface area contributed by atoms with Crippen molar-refractivity contribution in [3.63, 3.8) is 0 Å². The van der Waals surface area contributed by atoms with Crippen LogP contribution >= 0.6 is 0 Å². The normalized spacial score (nSPS) is 11.9. The van der Waals surface area contributed by atoms with Crippen LogP contribution in [0.3, 0.4) is 0 Å². The highest BCUT2D eigenvalue weighted by Crippen LogP contribution is 2.23. The molecule has 0 amide bonds. The fourth-order valence-electron chi connectivity index (χ4n) is 1.64. The summed E-state index contributed by atoms with van der Waals surface area (Å²) in [6.45, 7) is 2.08. The fraction of sp³-hybridized carbons (Fsp3) is 0.267. The van der Waals surface area contributed by atoms with Gasteiger partial charge in [-0.3, -0.25) is 0 Å². The molecule has 19 heavy (non-hydrogen) atoms. The first kappa shape index (κ1) is 13.4. The maximum absolute atomic E-state index is 5.66. The highest BCUT2D eigenvalue weighted by molar-refractivity contribution is 5.33. The smallest absolute Gasteiger partial charge is 0.219 e. The number of nitrogens with one attached hydrogen (secondary N) is 1. The summed E-state index contributed by atoms with van der Waals surface area (Å²) in [5, 5.41) is 3.17. The van der Waals surface area contributed by atoms with Crippen molar-refractivity contribution in [2.75, 3.05) is 14.2 Å². The molecule has 0 aliphatic carbocycles. The summed E-state index contributed by atoms with van der Waals surface area (Å²) in [5.41, 5.74) is 1.13. The van der Waals surface area contributed by atoms with Crippen molar-refractivity contribution in [2.45, 2.75) is 13.0 Å². The first-order chi connectivity index (χ1) is 9.22. The maximum atomic E-state index is 5.66. The van der Waals surface area contributed by atoms with Crippen LogP contribution in [0.4, 0.5) is 0 Å². The Labute approximate surface area is 113 Å². The molecule has 0 bridgehead atoms. The SMILES string of the molecule is CNC(C)c1ccc(Oc2ccc(OC)cc2)nc1. The summed E-state index contributed by atoms with van der Waals surface area (Å²) in [4.78, 5) is 4.29. The molecule has 1 atom stereocenters. The van der Waals surface area contributed by atoms with Crippen LogP contribution in [0.25, 0.3) is 0 Å². The Bertz CT molecular complexity index is 509. The summed E-state index contributed by atoms with van der Waals surface area (Å²) in [5.74, 6) is 2.12. The van der Waals surface area contributed by atoms with Crippen molar-refractivity contribution in [2.24, 2.45) is 0 Å². The van der Waals surface area contributed by atoms with Crippen LogP contribution < -0.4 is 14.8 Å². The fourth-order valence-corrected chi connectivity index (χ4v) is 1.64. The summed E-state index contributed by atoms with van der Waals surface area (Å²) in [7, 11) is 3.56. The largest absolute Gasteiger partial charge is 0.497 e. The maximum Gasteiger partial charge on any atom is 0.219 e. The van der Waals surface area contributed by atoms with E-state index in [1.165, 1.54) is 0 Å². The summed E-state index contributed by atoms with van der Waals surface area (Å²) < 4.78 is 10.8. The van der Waals surface area contributed by atoms with Gasteiger partial charge in [0.05, 0.1) is 7.11 Å². The molecule has 4 nitrogen and oxygen atoms in total. The lowest BCUT2D eigenvalue weighted by Crippen LogP contribution is -2.12. The molecule has 2 aromatic rings. The van der Waals surface area contributed by atoms with Crippen LogP contribution in [0.15, 0.2) is 42.6 Å². The molecule has 0 spiro atoms. The average Bonchev–Trinajstić information content (AvgIpc) is 2.48. The van der Waals surface area contributed by atoms with Crippen molar-refractivity contribution in [3.8, 4) is 17.4 Å². The topological polar surface area (TPSA) is 43.4 Å². The van der Waals surface area contributed by atoms with E-state index in [1.54, 1.807) is 7.11 Å². The molecule has 100 valence electrons. The number of ether oxygens (including phenoxy) is 2. The zero-order valence-corrected chi connectivity index (χ0v) is 11.4. The number of aromatic nitrogens is 1. The lowest BCUT2D eigenvalue weighted by molar-refractivity contribution is 0.412. The molecule has 1 heterocycles. The number of nitrogens with zero attached hydrogens (tertiary/aromatic N) is 1. The minimum absolute atomic E-state index is 0.280. The Hall–Kier alpha value is -2.07. The molecule has 0 saturated heterocycles. The Morgan fingerprint density at radius 2 is 1.74 bits per heavy atom. The molecule has 1 aromatic carbocycles. The van der Waals surface area contributed by atoms with Gasteiger partial charge in [-0.1, -0.05) is 6.07 Å². The quantitative estimate of drug-likeness (QED) is 0.894. The van der Waals surface area contributed by atoms with Gasteiger partial charge in [-0.05, 0) is 43.8 Å². The third-order valence-electron chi connectivity index (χ3n) is 2.97. The molecular formula is C15H18N2O2. The first-order valence-corrected chi connectivity index (χ1v) is 6.18. The standard InChI is InChI=1S/C15H18N2O2/c1-11(16-2)12-4-9-15(17-10-12)19-14-7-5-13(18-3)6-8-14/h4-11,16H,1-3H3. The van der Waals surface area contributed by atoms with Gasteiger partial charge >= 0.3 is 0 Å². The third-order valence-corrected chi connectivity index (χ3v) is 2.97. The van der Waals surface area contributed by atoms with E-state index < -0.39 is 0 Å². The Kier molecular flexibility index (Phi) is 4.36. The van der Waals surface area contributed by atoms with Crippen molar-refractivity contribution in [1.82, 2.24) is 10.3 Å². The average molecular weight is 258 g/mol. The van der Waals surface area contributed by atoms with Crippen molar-refractivity contribution in [3.05, 3.63) is 48.2 Å². The molecule has 1 aromatic heterocycles. The molecule has 4 heteroatoms. The summed E-state index contributed by atoms with van der Waals surface area (Å²) in [6.07, 6.45) is 1.82. The van der Waals surface area contributed by atoms with Crippen LogP contribution in [-0.4, -0.2) is 19.1 Å². The molecule has 1 N–H and O–H groups in total. The number of benzene rings is 1. The Morgan fingerprint density at radius 1 is 1.05 bits per heavy atom. The Morgan fingerprint density at radius 3 is 2.26 bits per heavy atom. The lowest BCUT2D eigenvalue weighted by Gasteiger charge is -2.11. The van der Waals surface area contributed by atoms with E-state index >= 15 is 0 Å². The predicted molar refractivity (Wildman–Crippen MR) is 74.8 cm³/mol. The summed E-state index contributed by atoms with van der Waals surface area (Å²) >= 11 is 0. The van der Waals surface area contributed by atoms with Gasteiger partial charge in [0.1, 0.15) is 11.5 Å². The molecule has 2 rings (SSSR count). The van der Waals surface area contributed by atoms with Gasteiger partial charge in [-0.2, -0.15) is 0 Å². The van der Waals surface area contributed by atoms with E-state index in [2.05, 4.69) is 17.2 Å². The van der Waals surface area contributed by atoms with Gasteiger partial charge in [-0.25, -0.2) is 4.98 Å². The van der Waals surface area contributed by atoms with Crippen LogP contribution in [0, 0.1) is 0 Å². The molecule has 1 unspecified atom stereocenters. The molecule has 0 radical (unpaired) electrons. The third kappa shape index (κ3) is 3.45. The minimum atomic E-state index is 0.280. The molecule has 0 aliphatic rings. The second-order valence-electron chi connectivity index (χ2n) is 4.22. The summed E-state index contributed by atoms with van der Waals surface area (Å²) in [6, 6.07) is 11.6. The van der Waals surface area contributed by atoms with E-state index in [-0.39, 0.29) is 6.04 Å². The van der Waals surface area contributed by atoms with E-state index in [0.29, 0.717) is 5.88 Å². The highest BCUT2D eigenvalue weighted by atomic mass is 16.5. The first-order valence-electron chi connectivity index (χ1n) is 6.18. The molecule has 0 saturated carbocycles. The predicted octanol–water partition coefficient (Wildman–Crippen LogP) is 3.16. The number of hydrogen-bond acceptors (Lipinski definition) is 4. The van der Waals surface area contributed by atoms with Gasteiger partial charge in [0.15, 0.2) is 0 Å². The zero-order chi connectivity index (χ0) is 13.7. The van der Waals surface area contributed by atoms with Gasteiger partial charge < -0.3 is 14.8 Å². The Balaban J connectivity index is 2.06. The molecule has 0 aliphatic heterocycles. The van der Waals surface area contributed by atoms with Gasteiger partial charge in [0, 0.05) is 18.3 Å². The number of hydrogen-bond donors (Lipinski definition) is 1. The number of rotatable bonds is 5. The zero-order valence-electron chi connectivity index (χ0n) is 11.4. The number of pyridine rings is 1. The van der Waals surface area contributed by atoms with E-state index in [1.807, 2.05) is 49.6 Å². The second kappa shape index (κ2) is 6.20. The van der Waals surface area contributed by atoms with Crippen molar-refractivity contribution in [1.29, 1.82) is 0 Å². The van der Waals surface area contributed by atoms with E-state index in [0.717, 1.165) is 17.1 Å². The molecule has 0 fully saturated rings. The van der Waals surface area contributed by atoms with Crippen LogP contribution in [0.1, 0.15) is 18.5 Å². The number of methoxy groups -OCH3 is 1. The van der Waals surface area contributed by atoms with Crippen LogP contribution in [-0.2, 0) is 0 Å². The molecular weight excluding hydrogens is 240 g/mol. The van der Waals surface area contributed by atoms with Gasteiger partial charge in [0.25, 0.3) is 0 Å². The van der Waals surface area contributed by atoms with Crippen molar-refractivity contribution >= 4 is 0 Å². The van der Waals surface area contributed by atoms with Gasteiger partial charge in [0.2, 0.25) is 5.88 Å². The van der Waals surface area contributed by atoms with Crippen LogP contribution in [0.2, 0.25) is 0 Å². The second-order valence-corrected chi connectivity index (χ2v) is 4.22. The monoisotopic (exact) mass is 258 g/mol. The van der Waals surface area contributed by atoms with Crippen LogP contribution in [0.5, 0.6) is 17.4 Å². The van der Waals surface area contributed by atoms with E-state index in [9.17, 15) is 0 Å². The highest BCUT2D eigenvalue weighted by Gasteiger charge is 2.04. The van der Waals surface area contributed by atoms with Crippen molar-refractivity contribution < 1.29 is 9.47 Å². The lowest BCUT2D eigenvalue weighted by atomic mass is 10.1. The minimum Gasteiger partial charge on any atom is -0.497 e. The van der Waals surface area contributed by atoms with Gasteiger partial charge in [-0.15, -0.1) is 0 Å².